The minimum absolute atomic E-state index is 0.0167. The summed E-state index contributed by atoms with van der Waals surface area (Å²) < 4.78 is 11.2. The molecule has 2 N–H and O–H groups in total. The van der Waals surface area contributed by atoms with Gasteiger partial charge in [-0.25, -0.2) is 0 Å². The van der Waals surface area contributed by atoms with E-state index in [9.17, 15) is 15.0 Å². The van der Waals surface area contributed by atoms with Crippen molar-refractivity contribution < 1.29 is 24.5 Å². The minimum Gasteiger partial charge on any atom is -0.508 e. The van der Waals surface area contributed by atoms with Crippen LogP contribution in [0.3, 0.4) is 0 Å². The Labute approximate surface area is 183 Å². The molecule has 4 aliphatic carbocycles. The number of ether oxygens (including phenoxy) is 2. The number of phenolic OH excluding ortho intramolecular Hbond substituents is 1. The topological polar surface area (TPSA) is 76.0 Å². The van der Waals surface area contributed by atoms with Crippen molar-refractivity contribution in [1.82, 2.24) is 0 Å². The molecular formula is C26H30O5. The van der Waals surface area contributed by atoms with Gasteiger partial charge in [-0.3, -0.25) is 4.79 Å². The van der Waals surface area contributed by atoms with Crippen LogP contribution >= 0.6 is 0 Å². The molecule has 0 spiro atoms. The Kier molecular flexibility index (Phi) is 4.97. The smallest absolute Gasteiger partial charge is 0.312 e. The van der Waals surface area contributed by atoms with Gasteiger partial charge in [0.25, 0.3) is 0 Å². The second-order valence-corrected chi connectivity index (χ2v) is 9.95. The molecule has 4 saturated carbocycles. The van der Waals surface area contributed by atoms with E-state index in [1.54, 1.807) is 19.2 Å². The zero-order valence-corrected chi connectivity index (χ0v) is 18.0. The maximum Gasteiger partial charge on any atom is 0.312 e. The number of aliphatic hydroxyl groups excluding tert-OH is 1. The summed E-state index contributed by atoms with van der Waals surface area (Å²) >= 11 is 0. The maximum atomic E-state index is 13.4. The average Bonchev–Trinajstić information content (AvgIpc) is 2.76. The van der Waals surface area contributed by atoms with Crippen molar-refractivity contribution in [2.24, 2.45) is 17.3 Å². The standard InChI is InChI=1S/C26H30O5/c1-30-23-9-17(2-3-20(23)14-27)15-31-24(29)26-12-18-8-19(13-26)11-25(10-18,16-26)21-4-6-22(28)7-5-21/h2-7,9,18-19,27-28H,8,10-16H2,1H3. The highest BCUT2D eigenvalue weighted by Gasteiger charge is 2.61. The fraction of sp³-hybridized carbons (Fsp3) is 0.500. The third-order valence-corrected chi connectivity index (χ3v) is 7.87. The van der Waals surface area contributed by atoms with E-state index < -0.39 is 5.41 Å². The van der Waals surface area contributed by atoms with Crippen molar-refractivity contribution >= 4 is 5.97 Å². The van der Waals surface area contributed by atoms with Gasteiger partial charge in [0.05, 0.1) is 19.1 Å². The molecular weight excluding hydrogens is 392 g/mol. The lowest BCUT2D eigenvalue weighted by atomic mass is 9.43. The normalized spacial score (nSPS) is 30.9. The van der Waals surface area contributed by atoms with E-state index in [1.165, 1.54) is 12.0 Å². The summed E-state index contributed by atoms with van der Waals surface area (Å²) in [6.45, 7) is 0.124. The van der Waals surface area contributed by atoms with Crippen LogP contribution in [0.5, 0.6) is 11.5 Å². The van der Waals surface area contributed by atoms with Crippen molar-refractivity contribution in [3.63, 3.8) is 0 Å². The number of carbonyl (C=O) groups is 1. The molecule has 5 heteroatoms. The zero-order chi connectivity index (χ0) is 21.6. The van der Waals surface area contributed by atoms with Gasteiger partial charge in [0.1, 0.15) is 18.1 Å². The van der Waals surface area contributed by atoms with Crippen LogP contribution in [0.2, 0.25) is 0 Å². The van der Waals surface area contributed by atoms with Crippen LogP contribution in [0.15, 0.2) is 42.5 Å². The molecule has 31 heavy (non-hydrogen) atoms. The van der Waals surface area contributed by atoms with Crippen molar-refractivity contribution in [1.29, 1.82) is 0 Å². The van der Waals surface area contributed by atoms with Gasteiger partial charge in [0.2, 0.25) is 0 Å². The average molecular weight is 423 g/mol. The van der Waals surface area contributed by atoms with Crippen LogP contribution in [0.25, 0.3) is 0 Å². The number of rotatable bonds is 6. The van der Waals surface area contributed by atoms with E-state index >= 15 is 0 Å². The molecule has 2 aromatic carbocycles. The van der Waals surface area contributed by atoms with Crippen molar-refractivity contribution in [2.45, 2.75) is 57.2 Å². The molecule has 4 fully saturated rings. The minimum atomic E-state index is -0.406. The number of benzene rings is 2. The van der Waals surface area contributed by atoms with Gasteiger partial charge in [-0.05, 0) is 85.1 Å². The van der Waals surface area contributed by atoms with E-state index in [2.05, 4.69) is 0 Å². The highest BCUT2D eigenvalue weighted by molar-refractivity contribution is 5.78. The van der Waals surface area contributed by atoms with Gasteiger partial charge in [0.15, 0.2) is 0 Å². The predicted molar refractivity (Wildman–Crippen MR) is 116 cm³/mol. The van der Waals surface area contributed by atoms with Crippen molar-refractivity contribution in [3.05, 3.63) is 59.2 Å². The van der Waals surface area contributed by atoms with Crippen LogP contribution < -0.4 is 4.74 Å². The first-order valence-corrected chi connectivity index (χ1v) is 11.2. The Morgan fingerprint density at radius 2 is 1.77 bits per heavy atom. The lowest BCUT2D eigenvalue weighted by molar-refractivity contribution is -0.175. The second kappa shape index (κ2) is 7.56. The first kappa shape index (κ1) is 20.4. The van der Waals surface area contributed by atoms with E-state index in [4.69, 9.17) is 9.47 Å². The van der Waals surface area contributed by atoms with Gasteiger partial charge in [0, 0.05) is 5.56 Å². The third kappa shape index (κ3) is 3.49. The first-order valence-electron chi connectivity index (χ1n) is 11.2. The van der Waals surface area contributed by atoms with Gasteiger partial charge >= 0.3 is 5.97 Å². The first-order chi connectivity index (χ1) is 14.9. The Bertz CT molecular complexity index is 966. The van der Waals surface area contributed by atoms with Crippen LogP contribution in [0, 0.1) is 17.3 Å². The summed E-state index contributed by atoms with van der Waals surface area (Å²) in [5.41, 5.74) is 2.44. The maximum absolute atomic E-state index is 13.4. The Morgan fingerprint density at radius 1 is 1.06 bits per heavy atom. The summed E-state index contributed by atoms with van der Waals surface area (Å²) in [5, 5.41) is 19.1. The lowest BCUT2D eigenvalue weighted by Gasteiger charge is -2.61. The molecule has 0 amide bonds. The van der Waals surface area contributed by atoms with E-state index in [0.717, 1.165) is 43.2 Å². The van der Waals surface area contributed by atoms with E-state index in [1.807, 2.05) is 30.3 Å². The number of hydrogen-bond donors (Lipinski definition) is 2. The van der Waals surface area contributed by atoms with Crippen LogP contribution in [-0.2, 0) is 28.2 Å². The Hall–Kier alpha value is -2.53. The molecule has 0 saturated heterocycles. The van der Waals surface area contributed by atoms with Gasteiger partial charge in [-0.1, -0.05) is 24.3 Å². The number of aromatic hydroxyl groups is 1. The van der Waals surface area contributed by atoms with Crippen LogP contribution in [0.1, 0.15) is 55.2 Å². The highest BCUT2D eigenvalue weighted by atomic mass is 16.5. The quantitative estimate of drug-likeness (QED) is 0.672. The zero-order valence-electron chi connectivity index (χ0n) is 18.0. The molecule has 0 radical (unpaired) electrons. The Balaban J connectivity index is 1.36. The molecule has 2 atom stereocenters. The number of phenols is 1. The van der Waals surface area contributed by atoms with Gasteiger partial charge in [-0.2, -0.15) is 0 Å². The molecule has 2 unspecified atom stereocenters. The van der Waals surface area contributed by atoms with Crippen molar-refractivity contribution in [3.8, 4) is 11.5 Å². The predicted octanol–water partition coefficient (Wildman–Crippen LogP) is 4.47. The second-order valence-electron chi connectivity index (χ2n) is 9.95. The number of carbonyl (C=O) groups excluding carboxylic acids is 1. The summed E-state index contributed by atoms with van der Waals surface area (Å²) in [4.78, 5) is 13.4. The van der Waals surface area contributed by atoms with E-state index in [-0.39, 0.29) is 30.3 Å². The molecule has 0 aromatic heterocycles. The summed E-state index contributed by atoms with van der Waals surface area (Å²) in [6, 6.07) is 13.1. The fourth-order valence-electron chi connectivity index (χ4n) is 6.97. The van der Waals surface area contributed by atoms with Crippen LogP contribution in [0.4, 0.5) is 0 Å². The van der Waals surface area contributed by atoms with Crippen LogP contribution in [-0.4, -0.2) is 23.3 Å². The largest absolute Gasteiger partial charge is 0.508 e. The fourth-order valence-corrected chi connectivity index (χ4v) is 6.97. The molecule has 4 bridgehead atoms. The number of aliphatic hydroxyl groups is 1. The number of hydrogen-bond acceptors (Lipinski definition) is 5. The highest BCUT2D eigenvalue weighted by Crippen LogP contribution is 2.66. The third-order valence-electron chi connectivity index (χ3n) is 7.87. The number of esters is 1. The summed E-state index contributed by atoms with van der Waals surface area (Å²) in [7, 11) is 1.57. The summed E-state index contributed by atoms with van der Waals surface area (Å²) in [6.07, 6.45) is 6.16. The monoisotopic (exact) mass is 422 g/mol. The van der Waals surface area contributed by atoms with Crippen molar-refractivity contribution in [2.75, 3.05) is 7.11 Å². The molecule has 2 aromatic rings. The van der Waals surface area contributed by atoms with Gasteiger partial charge in [-0.15, -0.1) is 0 Å². The van der Waals surface area contributed by atoms with Gasteiger partial charge < -0.3 is 19.7 Å². The molecule has 4 aliphatic rings. The van der Waals surface area contributed by atoms with E-state index in [0.29, 0.717) is 17.6 Å². The number of methoxy groups -OCH3 is 1. The molecule has 0 heterocycles. The molecule has 6 rings (SSSR count). The lowest BCUT2D eigenvalue weighted by Crippen LogP contribution is -2.57. The SMILES string of the molecule is COc1cc(COC(=O)C23CC4CC(C2)CC(c2ccc(O)cc2)(C4)C3)ccc1CO. The summed E-state index contributed by atoms with van der Waals surface area (Å²) in [5.74, 6) is 1.94. The molecule has 0 aliphatic heterocycles. The molecule has 164 valence electrons. The molecule has 5 nitrogen and oxygen atoms in total. The Morgan fingerprint density at radius 3 is 2.42 bits per heavy atom.